The highest BCUT2D eigenvalue weighted by atomic mass is 32.1. The topological polar surface area (TPSA) is 38.3 Å². The number of ether oxygens (including phenoxy) is 1. The highest BCUT2D eigenvalue weighted by Crippen LogP contribution is 2.25. The van der Waals surface area contributed by atoms with Crippen molar-refractivity contribution in [2.24, 2.45) is 0 Å². The number of carbonyl (C=O) groups excluding carboxylic acids is 1. The Morgan fingerprint density at radius 3 is 2.67 bits per heavy atom. The van der Waals surface area contributed by atoms with Crippen LogP contribution in [0.3, 0.4) is 0 Å². The van der Waals surface area contributed by atoms with Crippen molar-refractivity contribution < 1.29 is 22.7 Å². The first kappa shape index (κ1) is 15.4. The van der Waals surface area contributed by atoms with Crippen LogP contribution in [0.15, 0.2) is 36.4 Å². The molecule has 7 heteroatoms. The van der Waals surface area contributed by atoms with Crippen molar-refractivity contribution in [2.45, 2.75) is 19.7 Å². The number of thiophene rings is 1. The maximum atomic E-state index is 12.1. The summed E-state index contributed by atoms with van der Waals surface area (Å²) in [6.45, 7) is 1.93. The molecule has 1 N–H and O–H groups in total. The molecule has 0 aliphatic carbocycles. The molecule has 0 atom stereocenters. The van der Waals surface area contributed by atoms with Gasteiger partial charge in [0.05, 0.1) is 6.42 Å². The summed E-state index contributed by atoms with van der Waals surface area (Å²) >= 11 is 1.50. The Hall–Kier alpha value is -2.02. The Labute approximate surface area is 123 Å². The smallest absolute Gasteiger partial charge is 0.406 e. The lowest BCUT2D eigenvalue weighted by atomic mass is 10.2. The third kappa shape index (κ3) is 5.11. The van der Waals surface area contributed by atoms with E-state index in [-0.39, 0.29) is 23.8 Å². The number of aryl methyl sites for hydroxylation is 1. The molecule has 1 amide bonds. The first-order chi connectivity index (χ1) is 9.82. The van der Waals surface area contributed by atoms with Crippen LogP contribution in [0.4, 0.5) is 18.9 Å². The second-order valence-electron chi connectivity index (χ2n) is 4.31. The number of alkyl halides is 3. The Balaban J connectivity index is 1.99. The SMILES string of the molecule is Cc1ccc(CC(=O)Nc2cccc(OC(F)(F)F)c2)s1. The Morgan fingerprint density at radius 1 is 1.29 bits per heavy atom. The van der Waals surface area contributed by atoms with Crippen LogP contribution in [0.5, 0.6) is 5.75 Å². The van der Waals surface area contributed by atoms with E-state index in [1.54, 1.807) is 0 Å². The zero-order valence-electron chi connectivity index (χ0n) is 11.0. The average molecular weight is 315 g/mol. The summed E-state index contributed by atoms with van der Waals surface area (Å²) in [6, 6.07) is 8.94. The van der Waals surface area contributed by atoms with E-state index in [0.29, 0.717) is 0 Å². The fourth-order valence-corrected chi connectivity index (χ4v) is 2.60. The largest absolute Gasteiger partial charge is 0.573 e. The molecule has 1 heterocycles. The van der Waals surface area contributed by atoms with Crippen LogP contribution >= 0.6 is 11.3 Å². The summed E-state index contributed by atoms with van der Waals surface area (Å²) in [5.41, 5.74) is 0.259. The number of nitrogens with one attached hydrogen (secondary N) is 1. The van der Waals surface area contributed by atoms with Gasteiger partial charge in [0.2, 0.25) is 5.91 Å². The molecule has 21 heavy (non-hydrogen) atoms. The molecule has 0 spiro atoms. The van der Waals surface area contributed by atoms with Gasteiger partial charge in [0.25, 0.3) is 0 Å². The van der Waals surface area contributed by atoms with E-state index >= 15 is 0 Å². The fraction of sp³-hybridized carbons (Fsp3) is 0.214. The molecule has 0 radical (unpaired) electrons. The predicted molar refractivity (Wildman–Crippen MR) is 74.5 cm³/mol. The minimum Gasteiger partial charge on any atom is -0.406 e. The predicted octanol–water partition coefficient (Wildman–Crippen LogP) is 4.14. The number of hydrogen-bond donors (Lipinski definition) is 1. The Morgan fingerprint density at radius 2 is 2.05 bits per heavy atom. The summed E-state index contributed by atoms with van der Waals surface area (Å²) in [5, 5.41) is 2.55. The van der Waals surface area contributed by atoms with Crippen LogP contribution in [0.25, 0.3) is 0 Å². The normalized spacial score (nSPS) is 11.2. The summed E-state index contributed by atoms with van der Waals surface area (Å²) in [5.74, 6) is -0.659. The molecule has 3 nitrogen and oxygen atoms in total. The van der Waals surface area contributed by atoms with Crippen molar-refractivity contribution >= 4 is 22.9 Å². The standard InChI is InChI=1S/C14H12F3NO2S/c1-9-5-6-12(21-9)8-13(19)18-10-3-2-4-11(7-10)20-14(15,16)17/h2-7H,8H2,1H3,(H,18,19). The van der Waals surface area contributed by atoms with Crippen LogP contribution in [-0.2, 0) is 11.2 Å². The summed E-state index contributed by atoms with van der Waals surface area (Å²) in [4.78, 5) is 13.8. The molecule has 2 rings (SSSR count). The van der Waals surface area contributed by atoms with Crippen LogP contribution in [0.1, 0.15) is 9.75 Å². The maximum Gasteiger partial charge on any atom is 0.573 e. The van der Waals surface area contributed by atoms with Gasteiger partial charge >= 0.3 is 6.36 Å². The molecule has 0 bridgehead atoms. The first-order valence-corrected chi connectivity index (χ1v) is 6.84. The third-order valence-electron chi connectivity index (χ3n) is 2.48. The van der Waals surface area contributed by atoms with Crippen molar-refractivity contribution in [1.82, 2.24) is 0 Å². The molecular weight excluding hydrogens is 303 g/mol. The van der Waals surface area contributed by atoms with Gasteiger partial charge in [-0.2, -0.15) is 0 Å². The first-order valence-electron chi connectivity index (χ1n) is 6.03. The van der Waals surface area contributed by atoms with Crippen molar-refractivity contribution in [3.63, 3.8) is 0 Å². The van der Waals surface area contributed by atoms with Gasteiger partial charge in [0.1, 0.15) is 5.75 Å². The fourth-order valence-electron chi connectivity index (χ4n) is 1.71. The van der Waals surface area contributed by atoms with Gasteiger partial charge in [-0.25, -0.2) is 0 Å². The van der Waals surface area contributed by atoms with Gasteiger partial charge in [-0.3, -0.25) is 4.79 Å². The number of halogens is 3. The molecule has 0 fully saturated rings. The molecule has 2 aromatic rings. The van der Waals surface area contributed by atoms with Crippen LogP contribution < -0.4 is 10.1 Å². The molecule has 0 aliphatic heterocycles. The maximum absolute atomic E-state index is 12.1. The van der Waals surface area contributed by atoms with E-state index in [9.17, 15) is 18.0 Å². The van der Waals surface area contributed by atoms with Crippen molar-refractivity contribution in [3.05, 3.63) is 46.2 Å². The number of rotatable bonds is 4. The highest BCUT2D eigenvalue weighted by Gasteiger charge is 2.31. The molecule has 112 valence electrons. The Bertz CT molecular complexity index is 637. The van der Waals surface area contributed by atoms with Crippen LogP contribution in [0, 0.1) is 6.92 Å². The van der Waals surface area contributed by atoms with Crippen LogP contribution in [0.2, 0.25) is 0 Å². The number of carbonyl (C=O) groups is 1. The number of hydrogen-bond acceptors (Lipinski definition) is 3. The van der Waals surface area contributed by atoms with Gasteiger partial charge in [-0.15, -0.1) is 24.5 Å². The minimum absolute atomic E-state index is 0.183. The zero-order chi connectivity index (χ0) is 15.5. The van der Waals surface area contributed by atoms with E-state index in [0.717, 1.165) is 15.8 Å². The van der Waals surface area contributed by atoms with Gasteiger partial charge in [0, 0.05) is 21.5 Å². The van der Waals surface area contributed by atoms with E-state index in [1.807, 2.05) is 19.1 Å². The third-order valence-corrected chi connectivity index (χ3v) is 3.48. The minimum atomic E-state index is -4.75. The number of anilines is 1. The lowest BCUT2D eigenvalue weighted by molar-refractivity contribution is -0.274. The molecule has 0 saturated heterocycles. The van der Waals surface area contributed by atoms with Crippen LogP contribution in [-0.4, -0.2) is 12.3 Å². The van der Waals surface area contributed by atoms with Crippen molar-refractivity contribution in [3.8, 4) is 5.75 Å². The van der Waals surface area contributed by atoms with E-state index in [2.05, 4.69) is 10.1 Å². The van der Waals surface area contributed by atoms with Crippen molar-refractivity contribution in [1.29, 1.82) is 0 Å². The lowest BCUT2D eigenvalue weighted by Crippen LogP contribution is -2.17. The van der Waals surface area contributed by atoms with E-state index in [4.69, 9.17) is 0 Å². The van der Waals surface area contributed by atoms with Gasteiger partial charge in [-0.1, -0.05) is 6.07 Å². The lowest BCUT2D eigenvalue weighted by Gasteiger charge is -2.10. The monoisotopic (exact) mass is 315 g/mol. The summed E-state index contributed by atoms with van der Waals surface area (Å²) in [7, 11) is 0. The zero-order valence-corrected chi connectivity index (χ0v) is 11.8. The second-order valence-corrected chi connectivity index (χ2v) is 5.69. The second kappa shape index (κ2) is 6.17. The van der Waals surface area contributed by atoms with E-state index in [1.165, 1.54) is 29.5 Å². The number of amides is 1. The molecule has 1 aromatic heterocycles. The molecule has 1 aromatic carbocycles. The highest BCUT2D eigenvalue weighted by molar-refractivity contribution is 7.12. The summed E-state index contributed by atoms with van der Waals surface area (Å²) < 4.78 is 40.1. The summed E-state index contributed by atoms with van der Waals surface area (Å²) in [6.07, 6.45) is -4.57. The number of benzene rings is 1. The molecule has 0 aliphatic rings. The van der Waals surface area contributed by atoms with Gasteiger partial charge in [0.15, 0.2) is 0 Å². The van der Waals surface area contributed by atoms with Gasteiger partial charge < -0.3 is 10.1 Å². The molecule has 0 saturated carbocycles. The molecular formula is C14H12F3NO2S. The Kier molecular flexibility index (Phi) is 4.52. The molecule has 0 unspecified atom stereocenters. The van der Waals surface area contributed by atoms with E-state index < -0.39 is 6.36 Å². The van der Waals surface area contributed by atoms with Gasteiger partial charge in [-0.05, 0) is 31.2 Å². The quantitative estimate of drug-likeness (QED) is 0.921. The van der Waals surface area contributed by atoms with Crippen molar-refractivity contribution in [2.75, 3.05) is 5.32 Å². The average Bonchev–Trinajstić information content (AvgIpc) is 2.72.